The van der Waals surface area contributed by atoms with E-state index in [1.807, 2.05) is 4.90 Å². The standard InChI is InChI=1S/C13H18N2O4S/c1-14-20(18,19)12-5-3-2-4-11(12)15-7-6-10(9-15)8-13(16)17/h2-5,10,14H,6-9H2,1H3,(H,16,17). The van der Waals surface area contributed by atoms with Crippen molar-refractivity contribution in [1.82, 2.24) is 4.72 Å². The minimum atomic E-state index is -3.51. The first-order valence-corrected chi connectivity index (χ1v) is 7.91. The predicted octanol–water partition coefficient (Wildman–Crippen LogP) is 0.896. The van der Waals surface area contributed by atoms with Crippen molar-refractivity contribution in [2.75, 3.05) is 25.0 Å². The van der Waals surface area contributed by atoms with Crippen molar-refractivity contribution in [2.45, 2.75) is 17.7 Å². The minimum absolute atomic E-state index is 0.0674. The van der Waals surface area contributed by atoms with E-state index in [0.29, 0.717) is 18.8 Å². The Morgan fingerprint density at radius 1 is 1.45 bits per heavy atom. The summed E-state index contributed by atoms with van der Waals surface area (Å²) in [6.07, 6.45) is 0.887. The fourth-order valence-electron chi connectivity index (χ4n) is 2.52. The SMILES string of the molecule is CNS(=O)(=O)c1ccccc1N1CCC(CC(=O)O)C1. The van der Waals surface area contributed by atoms with Crippen LogP contribution in [0.25, 0.3) is 0 Å². The Balaban J connectivity index is 2.25. The van der Waals surface area contributed by atoms with Gasteiger partial charge < -0.3 is 10.0 Å². The molecule has 1 fully saturated rings. The summed E-state index contributed by atoms with van der Waals surface area (Å²) >= 11 is 0. The summed E-state index contributed by atoms with van der Waals surface area (Å²) < 4.78 is 26.3. The van der Waals surface area contributed by atoms with E-state index in [1.54, 1.807) is 24.3 Å². The number of carboxylic acid groups (broad SMARTS) is 1. The molecule has 0 aliphatic carbocycles. The molecule has 1 aromatic rings. The second-order valence-electron chi connectivity index (χ2n) is 4.87. The number of nitrogens with zero attached hydrogens (tertiary/aromatic N) is 1. The lowest BCUT2D eigenvalue weighted by Crippen LogP contribution is -2.26. The van der Waals surface area contributed by atoms with Crippen LogP contribution in [0.3, 0.4) is 0 Å². The molecule has 2 rings (SSSR count). The van der Waals surface area contributed by atoms with Gasteiger partial charge in [0.05, 0.1) is 5.69 Å². The number of carbonyl (C=O) groups is 1. The molecule has 1 atom stereocenters. The van der Waals surface area contributed by atoms with Crippen LogP contribution < -0.4 is 9.62 Å². The molecule has 1 unspecified atom stereocenters. The molecule has 7 heteroatoms. The summed E-state index contributed by atoms with van der Waals surface area (Å²) in [7, 11) is -2.14. The highest BCUT2D eigenvalue weighted by Gasteiger charge is 2.28. The van der Waals surface area contributed by atoms with Gasteiger partial charge in [-0.1, -0.05) is 12.1 Å². The van der Waals surface area contributed by atoms with Crippen molar-refractivity contribution in [3.63, 3.8) is 0 Å². The van der Waals surface area contributed by atoms with E-state index in [-0.39, 0.29) is 17.2 Å². The number of nitrogens with one attached hydrogen (secondary N) is 1. The van der Waals surface area contributed by atoms with Crippen LogP contribution in [-0.2, 0) is 14.8 Å². The summed E-state index contributed by atoms with van der Waals surface area (Å²) in [5.74, 6) is -0.745. The lowest BCUT2D eigenvalue weighted by molar-refractivity contribution is -0.137. The van der Waals surface area contributed by atoms with Crippen LogP contribution in [-0.4, -0.2) is 39.6 Å². The van der Waals surface area contributed by atoms with Crippen molar-refractivity contribution in [3.05, 3.63) is 24.3 Å². The van der Waals surface area contributed by atoms with E-state index in [9.17, 15) is 13.2 Å². The van der Waals surface area contributed by atoms with Crippen molar-refractivity contribution in [2.24, 2.45) is 5.92 Å². The molecule has 0 spiro atoms. The second-order valence-corrected chi connectivity index (χ2v) is 6.73. The van der Waals surface area contributed by atoms with Crippen LogP contribution >= 0.6 is 0 Å². The first-order chi connectivity index (χ1) is 9.44. The summed E-state index contributed by atoms with van der Waals surface area (Å²) in [4.78, 5) is 12.9. The summed E-state index contributed by atoms with van der Waals surface area (Å²) in [5, 5.41) is 8.83. The second kappa shape index (κ2) is 5.80. The summed E-state index contributed by atoms with van der Waals surface area (Å²) in [6, 6.07) is 6.78. The number of hydrogen-bond donors (Lipinski definition) is 2. The molecule has 20 heavy (non-hydrogen) atoms. The predicted molar refractivity (Wildman–Crippen MR) is 75.3 cm³/mol. The van der Waals surface area contributed by atoms with E-state index >= 15 is 0 Å². The van der Waals surface area contributed by atoms with Crippen LogP contribution in [0.2, 0.25) is 0 Å². The maximum atomic E-state index is 12.0. The molecule has 1 aromatic carbocycles. The molecular weight excluding hydrogens is 280 g/mol. The maximum absolute atomic E-state index is 12.0. The van der Waals surface area contributed by atoms with Crippen molar-refractivity contribution < 1.29 is 18.3 Å². The van der Waals surface area contributed by atoms with Gasteiger partial charge in [-0.3, -0.25) is 4.79 Å². The Bertz CT molecular complexity index is 600. The topological polar surface area (TPSA) is 86.7 Å². The van der Waals surface area contributed by atoms with Gasteiger partial charge in [-0.05, 0) is 31.5 Å². The molecule has 110 valence electrons. The van der Waals surface area contributed by atoms with Gasteiger partial charge in [0, 0.05) is 19.5 Å². The Labute approximate surface area is 118 Å². The quantitative estimate of drug-likeness (QED) is 0.843. The van der Waals surface area contributed by atoms with Gasteiger partial charge in [0.15, 0.2) is 0 Å². The normalized spacial score (nSPS) is 19.2. The van der Waals surface area contributed by atoms with Gasteiger partial charge in [-0.25, -0.2) is 13.1 Å². The Kier molecular flexibility index (Phi) is 4.29. The molecule has 0 aromatic heterocycles. The Hall–Kier alpha value is -1.60. The number of sulfonamides is 1. The number of hydrogen-bond acceptors (Lipinski definition) is 4. The van der Waals surface area contributed by atoms with Gasteiger partial charge >= 0.3 is 5.97 Å². The van der Waals surface area contributed by atoms with Gasteiger partial charge in [-0.15, -0.1) is 0 Å². The Morgan fingerprint density at radius 3 is 2.80 bits per heavy atom. The third-order valence-corrected chi connectivity index (χ3v) is 4.98. The van der Waals surface area contributed by atoms with Crippen LogP contribution in [0.5, 0.6) is 0 Å². The van der Waals surface area contributed by atoms with Gasteiger partial charge in [0.1, 0.15) is 4.90 Å². The highest BCUT2D eigenvalue weighted by Crippen LogP contribution is 2.30. The van der Waals surface area contributed by atoms with Gasteiger partial charge in [0.25, 0.3) is 0 Å². The average molecular weight is 298 g/mol. The molecule has 1 heterocycles. The zero-order valence-electron chi connectivity index (χ0n) is 11.2. The monoisotopic (exact) mass is 298 g/mol. The lowest BCUT2D eigenvalue weighted by atomic mass is 10.1. The molecule has 6 nitrogen and oxygen atoms in total. The zero-order chi connectivity index (χ0) is 14.8. The number of anilines is 1. The van der Waals surface area contributed by atoms with Gasteiger partial charge in [0.2, 0.25) is 10.0 Å². The van der Waals surface area contributed by atoms with Crippen LogP contribution in [0.4, 0.5) is 5.69 Å². The average Bonchev–Trinajstić information content (AvgIpc) is 2.86. The number of benzene rings is 1. The first kappa shape index (κ1) is 14.8. The number of aliphatic carboxylic acids is 1. The fraction of sp³-hybridized carbons (Fsp3) is 0.462. The van der Waals surface area contributed by atoms with E-state index in [1.165, 1.54) is 7.05 Å². The number of para-hydroxylation sites is 1. The van der Waals surface area contributed by atoms with Gasteiger partial charge in [-0.2, -0.15) is 0 Å². The van der Waals surface area contributed by atoms with E-state index < -0.39 is 16.0 Å². The van der Waals surface area contributed by atoms with Crippen LogP contribution in [0, 0.1) is 5.92 Å². The highest BCUT2D eigenvalue weighted by molar-refractivity contribution is 7.89. The first-order valence-electron chi connectivity index (χ1n) is 6.43. The summed E-state index contributed by atoms with van der Waals surface area (Å²) in [5.41, 5.74) is 0.634. The third-order valence-electron chi connectivity index (χ3n) is 3.51. The largest absolute Gasteiger partial charge is 0.481 e. The maximum Gasteiger partial charge on any atom is 0.303 e. The molecule has 2 N–H and O–H groups in total. The number of rotatable bonds is 5. The third kappa shape index (κ3) is 3.10. The minimum Gasteiger partial charge on any atom is -0.481 e. The highest BCUT2D eigenvalue weighted by atomic mass is 32.2. The van der Waals surface area contributed by atoms with Crippen molar-refractivity contribution in [1.29, 1.82) is 0 Å². The van der Waals surface area contributed by atoms with Crippen molar-refractivity contribution in [3.8, 4) is 0 Å². The molecular formula is C13H18N2O4S. The van der Waals surface area contributed by atoms with Crippen LogP contribution in [0.15, 0.2) is 29.2 Å². The summed E-state index contributed by atoms with van der Waals surface area (Å²) in [6.45, 7) is 1.25. The molecule has 0 saturated carbocycles. The van der Waals surface area contributed by atoms with E-state index in [0.717, 1.165) is 6.42 Å². The molecule has 0 bridgehead atoms. The Morgan fingerprint density at radius 2 is 2.15 bits per heavy atom. The molecule has 1 aliphatic heterocycles. The van der Waals surface area contributed by atoms with Crippen LogP contribution in [0.1, 0.15) is 12.8 Å². The van der Waals surface area contributed by atoms with E-state index in [2.05, 4.69) is 4.72 Å². The molecule has 0 radical (unpaired) electrons. The van der Waals surface area contributed by atoms with E-state index in [4.69, 9.17) is 5.11 Å². The lowest BCUT2D eigenvalue weighted by Gasteiger charge is -2.21. The molecule has 1 saturated heterocycles. The molecule has 0 amide bonds. The zero-order valence-corrected chi connectivity index (χ0v) is 12.1. The van der Waals surface area contributed by atoms with Crippen molar-refractivity contribution >= 4 is 21.7 Å². The fourth-order valence-corrected chi connectivity index (χ4v) is 3.47. The smallest absolute Gasteiger partial charge is 0.303 e. The number of carboxylic acids is 1. The molecule has 1 aliphatic rings.